The molecular formula is C16H17BrN2O2. The minimum absolute atomic E-state index is 0.0591. The summed E-state index contributed by atoms with van der Waals surface area (Å²) in [7, 11) is 1.49. The summed E-state index contributed by atoms with van der Waals surface area (Å²) in [5.74, 6) is -0.159. The van der Waals surface area contributed by atoms with E-state index in [0.717, 1.165) is 22.4 Å². The average molecular weight is 349 g/mol. The first-order valence-electron chi connectivity index (χ1n) is 6.54. The van der Waals surface area contributed by atoms with Crippen LogP contribution in [0.3, 0.4) is 0 Å². The quantitative estimate of drug-likeness (QED) is 0.837. The Morgan fingerprint density at radius 2 is 1.67 bits per heavy atom. The van der Waals surface area contributed by atoms with Crippen LogP contribution < -0.4 is 10.6 Å². The zero-order chi connectivity index (χ0) is 15.1. The second-order valence-electron chi connectivity index (χ2n) is 4.54. The minimum Gasteiger partial charge on any atom is -0.381 e. The summed E-state index contributed by atoms with van der Waals surface area (Å²) in [6, 6.07) is 15.8. The van der Waals surface area contributed by atoms with Crippen LogP contribution in [-0.4, -0.2) is 19.6 Å². The van der Waals surface area contributed by atoms with Crippen molar-refractivity contribution in [2.75, 3.05) is 24.4 Å². The van der Waals surface area contributed by atoms with Crippen LogP contribution in [0.2, 0.25) is 0 Å². The van der Waals surface area contributed by atoms with Gasteiger partial charge in [0.05, 0.1) is 0 Å². The number of carbonyl (C=O) groups excluding carboxylic acids is 1. The van der Waals surface area contributed by atoms with Gasteiger partial charge in [-0.25, -0.2) is 0 Å². The SMILES string of the molecule is COCC(=O)Nc1ccc(NCc2ccc(Br)cc2)cc1. The molecule has 110 valence electrons. The Hall–Kier alpha value is -1.85. The standard InChI is InChI=1S/C16H17BrN2O2/c1-21-11-16(20)19-15-8-6-14(7-9-15)18-10-12-2-4-13(17)5-3-12/h2-9,18H,10-11H2,1H3,(H,19,20). The van der Waals surface area contributed by atoms with Gasteiger partial charge in [0.1, 0.15) is 6.61 Å². The van der Waals surface area contributed by atoms with E-state index in [-0.39, 0.29) is 12.5 Å². The fraction of sp³-hybridized carbons (Fsp3) is 0.188. The Morgan fingerprint density at radius 3 is 2.29 bits per heavy atom. The highest BCUT2D eigenvalue weighted by Gasteiger charge is 2.01. The molecule has 0 saturated heterocycles. The Balaban J connectivity index is 1.87. The first-order valence-corrected chi connectivity index (χ1v) is 7.34. The Bertz CT molecular complexity index is 582. The topological polar surface area (TPSA) is 50.4 Å². The van der Waals surface area contributed by atoms with Crippen LogP contribution in [0.15, 0.2) is 53.0 Å². The lowest BCUT2D eigenvalue weighted by molar-refractivity contribution is -0.119. The smallest absolute Gasteiger partial charge is 0.250 e. The van der Waals surface area contributed by atoms with Crippen molar-refractivity contribution in [3.63, 3.8) is 0 Å². The number of hydrogen-bond acceptors (Lipinski definition) is 3. The van der Waals surface area contributed by atoms with Gasteiger partial charge in [-0.1, -0.05) is 28.1 Å². The van der Waals surface area contributed by atoms with E-state index < -0.39 is 0 Å². The predicted octanol–water partition coefficient (Wildman–Crippen LogP) is 3.65. The third-order valence-corrected chi connectivity index (χ3v) is 3.38. The van der Waals surface area contributed by atoms with E-state index in [1.54, 1.807) is 0 Å². The molecule has 0 aromatic heterocycles. The fourth-order valence-corrected chi connectivity index (χ4v) is 2.07. The fourth-order valence-electron chi connectivity index (χ4n) is 1.81. The van der Waals surface area contributed by atoms with Gasteiger partial charge in [0, 0.05) is 29.5 Å². The summed E-state index contributed by atoms with van der Waals surface area (Å²) in [6.45, 7) is 0.812. The summed E-state index contributed by atoms with van der Waals surface area (Å²) in [4.78, 5) is 11.4. The molecule has 0 saturated carbocycles. The van der Waals surface area contributed by atoms with Gasteiger partial charge in [-0.15, -0.1) is 0 Å². The molecule has 2 aromatic carbocycles. The van der Waals surface area contributed by atoms with Gasteiger partial charge < -0.3 is 15.4 Å². The van der Waals surface area contributed by atoms with Crippen LogP contribution in [0, 0.1) is 0 Å². The lowest BCUT2D eigenvalue weighted by Gasteiger charge is -2.09. The maximum Gasteiger partial charge on any atom is 0.250 e. The Morgan fingerprint density at radius 1 is 1.05 bits per heavy atom. The van der Waals surface area contributed by atoms with Crippen molar-refractivity contribution in [1.82, 2.24) is 0 Å². The van der Waals surface area contributed by atoms with E-state index in [1.807, 2.05) is 36.4 Å². The summed E-state index contributed by atoms with van der Waals surface area (Å²) >= 11 is 3.42. The molecule has 0 unspecified atom stereocenters. The summed E-state index contributed by atoms with van der Waals surface area (Å²) < 4.78 is 5.84. The number of nitrogens with one attached hydrogen (secondary N) is 2. The van der Waals surface area contributed by atoms with Gasteiger partial charge in [0.25, 0.3) is 0 Å². The predicted molar refractivity (Wildman–Crippen MR) is 88.4 cm³/mol. The molecule has 1 amide bonds. The molecule has 0 radical (unpaired) electrons. The summed E-state index contributed by atoms with van der Waals surface area (Å²) in [5.41, 5.74) is 2.96. The number of methoxy groups -OCH3 is 1. The van der Waals surface area contributed by atoms with E-state index in [9.17, 15) is 4.79 Å². The molecule has 0 aliphatic rings. The second-order valence-corrected chi connectivity index (χ2v) is 5.45. The third-order valence-electron chi connectivity index (χ3n) is 2.85. The number of amides is 1. The van der Waals surface area contributed by atoms with E-state index in [1.165, 1.54) is 12.7 Å². The zero-order valence-corrected chi connectivity index (χ0v) is 13.3. The van der Waals surface area contributed by atoms with E-state index in [0.29, 0.717) is 0 Å². The van der Waals surface area contributed by atoms with Crippen LogP contribution in [0.25, 0.3) is 0 Å². The normalized spacial score (nSPS) is 10.2. The van der Waals surface area contributed by atoms with Crippen molar-refractivity contribution < 1.29 is 9.53 Å². The highest BCUT2D eigenvalue weighted by atomic mass is 79.9. The highest BCUT2D eigenvalue weighted by Crippen LogP contribution is 2.15. The van der Waals surface area contributed by atoms with Crippen LogP contribution in [-0.2, 0) is 16.1 Å². The van der Waals surface area contributed by atoms with Gasteiger partial charge in [-0.2, -0.15) is 0 Å². The molecule has 2 rings (SSSR count). The largest absolute Gasteiger partial charge is 0.381 e. The molecule has 21 heavy (non-hydrogen) atoms. The highest BCUT2D eigenvalue weighted by molar-refractivity contribution is 9.10. The van der Waals surface area contributed by atoms with Crippen molar-refractivity contribution in [2.24, 2.45) is 0 Å². The van der Waals surface area contributed by atoms with Crippen molar-refractivity contribution in [3.05, 3.63) is 58.6 Å². The van der Waals surface area contributed by atoms with Gasteiger partial charge in [0.15, 0.2) is 0 Å². The van der Waals surface area contributed by atoms with Crippen LogP contribution >= 0.6 is 15.9 Å². The molecule has 2 N–H and O–H groups in total. The van der Waals surface area contributed by atoms with Crippen molar-refractivity contribution >= 4 is 33.2 Å². The molecule has 4 nitrogen and oxygen atoms in total. The van der Waals surface area contributed by atoms with Crippen LogP contribution in [0.4, 0.5) is 11.4 Å². The minimum atomic E-state index is -0.159. The lowest BCUT2D eigenvalue weighted by atomic mass is 10.2. The molecule has 0 aliphatic carbocycles. The first kappa shape index (κ1) is 15.5. The number of halogens is 1. The maximum absolute atomic E-state index is 11.4. The number of hydrogen-bond donors (Lipinski definition) is 2. The van der Waals surface area contributed by atoms with Crippen LogP contribution in [0.5, 0.6) is 0 Å². The van der Waals surface area contributed by atoms with Crippen molar-refractivity contribution in [3.8, 4) is 0 Å². The van der Waals surface area contributed by atoms with Gasteiger partial charge >= 0.3 is 0 Å². The Kier molecular flexibility index (Phi) is 5.78. The van der Waals surface area contributed by atoms with Gasteiger partial charge in [0.2, 0.25) is 5.91 Å². The molecule has 2 aromatic rings. The number of carbonyl (C=O) groups is 1. The molecule has 0 heterocycles. The Labute approximate surface area is 132 Å². The first-order chi connectivity index (χ1) is 10.2. The summed E-state index contributed by atoms with van der Waals surface area (Å²) in [6.07, 6.45) is 0. The number of rotatable bonds is 6. The van der Waals surface area contributed by atoms with Crippen molar-refractivity contribution in [2.45, 2.75) is 6.54 Å². The van der Waals surface area contributed by atoms with Crippen molar-refractivity contribution in [1.29, 1.82) is 0 Å². The van der Waals surface area contributed by atoms with Crippen LogP contribution in [0.1, 0.15) is 5.56 Å². The zero-order valence-electron chi connectivity index (χ0n) is 11.7. The monoisotopic (exact) mass is 348 g/mol. The number of ether oxygens (including phenoxy) is 1. The lowest BCUT2D eigenvalue weighted by Crippen LogP contribution is -2.16. The summed E-state index contributed by atoms with van der Waals surface area (Å²) in [5, 5.41) is 6.09. The number of anilines is 2. The molecule has 5 heteroatoms. The second kappa shape index (κ2) is 7.81. The molecule has 0 bridgehead atoms. The van der Waals surface area contributed by atoms with E-state index >= 15 is 0 Å². The average Bonchev–Trinajstić information content (AvgIpc) is 2.48. The molecule has 0 fully saturated rings. The molecule has 0 atom stereocenters. The van der Waals surface area contributed by atoms with Gasteiger partial charge in [-0.3, -0.25) is 4.79 Å². The van der Waals surface area contributed by atoms with Gasteiger partial charge in [-0.05, 0) is 42.0 Å². The van der Waals surface area contributed by atoms with E-state index in [4.69, 9.17) is 4.74 Å². The molecule has 0 aliphatic heterocycles. The maximum atomic E-state index is 11.4. The van der Waals surface area contributed by atoms with E-state index in [2.05, 4.69) is 38.7 Å². The molecule has 0 spiro atoms. The molecular weight excluding hydrogens is 332 g/mol. The number of benzene rings is 2. The third kappa shape index (κ3) is 5.21.